The van der Waals surface area contributed by atoms with E-state index < -0.39 is 0 Å². The summed E-state index contributed by atoms with van der Waals surface area (Å²) in [5, 5.41) is 0. The van der Waals surface area contributed by atoms with Crippen LogP contribution in [0.2, 0.25) is 0 Å². The van der Waals surface area contributed by atoms with E-state index in [2.05, 4.69) is 27.0 Å². The third-order valence-corrected chi connectivity index (χ3v) is 3.71. The van der Waals surface area contributed by atoms with E-state index in [9.17, 15) is 0 Å². The molecule has 1 heteroatoms. The average Bonchev–Trinajstić information content (AvgIpc) is 2.24. The highest BCUT2D eigenvalue weighted by Gasteiger charge is 2.15. The standard InChI is InChI=1S/C15H29N/c1-4-14-11-9-7-5-6-8-10-12-15(2,3)13-16-14/h13-14H,4-12H2,1-3H3/b16-13+. The third kappa shape index (κ3) is 5.67. The monoisotopic (exact) mass is 223 g/mol. The van der Waals surface area contributed by atoms with Gasteiger partial charge in [0.15, 0.2) is 0 Å². The van der Waals surface area contributed by atoms with Gasteiger partial charge in [0.25, 0.3) is 0 Å². The van der Waals surface area contributed by atoms with Gasteiger partial charge in [-0.2, -0.15) is 0 Å². The number of aliphatic imine (C=N–C) groups is 1. The average molecular weight is 223 g/mol. The molecule has 0 N–H and O–H groups in total. The van der Waals surface area contributed by atoms with E-state index >= 15 is 0 Å². The van der Waals surface area contributed by atoms with Gasteiger partial charge in [0.2, 0.25) is 0 Å². The van der Waals surface area contributed by atoms with Gasteiger partial charge < -0.3 is 0 Å². The first kappa shape index (κ1) is 13.7. The number of nitrogens with zero attached hydrogens (tertiary/aromatic N) is 1. The molecule has 1 nitrogen and oxygen atoms in total. The molecule has 1 rings (SSSR count). The van der Waals surface area contributed by atoms with Crippen LogP contribution in [0, 0.1) is 5.41 Å². The number of hydrogen-bond donors (Lipinski definition) is 0. The van der Waals surface area contributed by atoms with Gasteiger partial charge >= 0.3 is 0 Å². The molecule has 1 aliphatic rings. The van der Waals surface area contributed by atoms with Crippen LogP contribution < -0.4 is 0 Å². The van der Waals surface area contributed by atoms with Crippen molar-refractivity contribution in [2.24, 2.45) is 10.4 Å². The van der Waals surface area contributed by atoms with Crippen LogP contribution in [0.25, 0.3) is 0 Å². The van der Waals surface area contributed by atoms with Crippen LogP contribution in [-0.2, 0) is 0 Å². The Labute approximate surface area is 102 Å². The molecule has 0 saturated carbocycles. The summed E-state index contributed by atoms with van der Waals surface area (Å²) in [7, 11) is 0. The second kappa shape index (κ2) is 7.09. The van der Waals surface area contributed by atoms with E-state index in [1.54, 1.807) is 0 Å². The van der Waals surface area contributed by atoms with Crippen LogP contribution in [-0.4, -0.2) is 12.3 Å². The molecule has 1 aliphatic heterocycles. The topological polar surface area (TPSA) is 12.4 Å². The van der Waals surface area contributed by atoms with Gasteiger partial charge in [-0.3, -0.25) is 4.99 Å². The molecule has 1 heterocycles. The molecule has 0 amide bonds. The zero-order valence-corrected chi connectivity index (χ0v) is 11.5. The summed E-state index contributed by atoms with van der Waals surface area (Å²) in [6.45, 7) is 6.92. The summed E-state index contributed by atoms with van der Waals surface area (Å²) in [6.07, 6.45) is 14.5. The molecule has 16 heavy (non-hydrogen) atoms. The lowest BCUT2D eigenvalue weighted by molar-refractivity contribution is 0.432. The molecule has 94 valence electrons. The maximum absolute atomic E-state index is 4.80. The Balaban J connectivity index is 2.54. The first-order valence-corrected chi connectivity index (χ1v) is 7.18. The molecule has 0 fully saturated rings. The van der Waals surface area contributed by atoms with Gasteiger partial charge in [-0.1, -0.05) is 59.3 Å². The Morgan fingerprint density at radius 3 is 2.38 bits per heavy atom. The van der Waals surface area contributed by atoms with Crippen molar-refractivity contribution in [1.82, 2.24) is 0 Å². The van der Waals surface area contributed by atoms with E-state index in [0.717, 1.165) is 0 Å². The first-order chi connectivity index (χ1) is 7.64. The van der Waals surface area contributed by atoms with E-state index in [1.807, 2.05) is 0 Å². The molecule has 0 aromatic carbocycles. The summed E-state index contributed by atoms with van der Waals surface area (Å²) in [4.78, 5) is 4.80. The Hall–Kier alpha value is -0.330. The van der Waals surface area contributed by atoms with Gasteiger partial charge in [0.1, 0.15) is 0 Å². The molecule has 1 unspecified atom stereocenters. The van der Waals surface area contributed by atoms with E-state index in [-0.39, 0.29) is 0 Å². The predicted octanol–water partition coefficient (Wildman–Crippen LogP) is 5.00. The molecule has 0 aliphatic carbocycles. The second-order valence-corrected chi connectivity index (χ2v) is 5.99. The highest BCUT2D eigenvalue weighted by molar-refractivity contribution is 5.64. The highest BCUT2D eigenvalue weighted by atomic mass is 14.8. The Bertz CT molecular complexity index is 205. The largest absolute Gasteiger partial charge is 0.294 e. The lowest BCUT2D eigenvalue weighted by Crippen LogP contribution is -2.15. The van der Waals surface area contributed by atoms with Crippen LogP contribution >= 0.6 is 0 Å². The van der Waals surface area contributed by atoms with Gasteiger partial charge in [0, 0.05) is 12.3 Å². The SMILES string of the molecule is CCC1CCCCCCCCC(C)(C)/C=N/1. The predicted molar refractivity (Wildman–Crippen MR) is 73.3 cm³/mol. The van der Waals surface area contributed by atoms with Crippen LogP contribution in [0.4, 0.5) is 0 Å². The Morgan fingerprint density at radius 2 is 1.69 bits per heavy atom. The second-order valence-electron chi connectivity index (χ2n) is 5.99. The smallest absolute Gasteiger partial charge is 0.0493 e. The van der Waals surface area contributed by atoms with Crippen molar-refractivity contribution < 1.29 is 0 Å². The number of hydrogen-bond acceptors (Lipinski definition) is 1. The summed E-state index contributed by atoms with van der Waals surface area (Å²) >= 11 is 0. The summed E-state index contributed by atoms with van der Waals surface area (Å²) in [5.41, 5.74) is 0.312. The van der Waals surface area contributed by atoms with E-state index in [4.69, 9.17) is 4.99 Å². The summed E-state index contributed by atoms with van der Waals surface area (Å²) in [6, 6.07) is 0.582. The first-order valence-electron chi connectivity index (χ1n) is 7.18. The lowest BCUT2D eigenvalue weighted by Gasteiger charge is -2.21. The maximum Gasteiger partial charge on any atom is 0.0493 e. The van der Waals surface area contributed by atoms with Crippen molar-refractivity contribution in [1.29, 1.82) is 0 Å². The lowest BCUT2D eigenvalue weighted by atomic mass is 9.87. The van der Waals surface area contributed by atoms with Gasteiger partial charge in [-0.25, -0.2) is 0 Å². The van der Waals surface area contributed by atoms with Crippen LogP contribution in [0.5, 0.6) is 0 Å². The fourth-order valence-electron chi connectivity index (χ4n) is 2.42. The van der Waals surface area contributed by atoms with Gasteiger partial charge in [-0.05, 0) is 24.7 Å². The highest BCUT2D eigenvalue weighted by Crippen LogP contribution is 2.24. The molecule has 0 radical (unpaired) electrons. The Kier molecular flexibility index (Phi) is 6.08. The molecule has 0 bridgehead atoms. The maximum atomic E-state index is 4.80. The van der Waals surface area contributed by atoms with Gasteiger partial charge in [-0.15, -0.1) is 0 Å². The summed E-state index contributed by atoms with van der Waals surface area (Å²) in [5.74, 6) is 0. The quantitative estimate of drug-likeness (QED) is 0.593. The third-order valence-electron chi connectivity index (χ3n) is 3.71. The molecule has 1 atom stereocenters. The van der Waals surface area contributed by atoms with Crippen molar-refractivity contribution in [2.75, 3.05) is 0 Å². The number of rotatable bonds is 1. The molecular weight excluding hydrogens is 194 g/mol. The molecule has 0 saturated heterocycles. The van der Waals surface area contributed by atoms with Crippen LogP contribution in [0.3, 0.4) is 0 Å². The zero-order valence-electron chi connectivity index (χ0n) is 11.5. The molecule has 0 spiro atoms. The van der Waals surface area contributed by atoms with Crippen molar-refractivity contribution in [3.63, 3.8) is 0 Å². The summed E-state index contributed by atoms with van der Waals surface area (Å²) < 4.78 is 0. The van der Waals surface area contributed by atoms with Gasteiger partial charge in [0.05, 0.1) is 0 Å². The van der Waals surface area contributed by atoms with E-state index in [1.165, 1.54) is 57.8 Å². The fraction of sp³-hybridized carbons (Fsp3) is 0.933. The minimum Gasteiger partial charge on any atom is -0.294 e. The van der Waals surface area contributed by atoms with Crippen LogP contribution in [0.15, 0.2) is 4.99 Å². The molecule has 0 aromatic rings. The van der Waals surface area contributed by atoms with Crippen molar-refractivity contribution in [2.45, 2.75) is 84.6 Å². The minimum absolute atomic E-state index is 0.312. The fourth-order valence-corrected chi connectivity index (χ4v) is 2.42. The minimum atomic E-state index is 0.312. The molecule has 0 aromatic heterocycles. The Morgan fingerprint density at radius 1 is 1.06 bits per heavy atom. The van der Waals surface area contributed by atoms with Crippen molar-refractivity contribution >= 4 is 6.21 Å². The van der Waals surface area contributed by atoms with Crippen molar-refractivity contribution in [3.05, 3.63) is 0 Å². The molecular formula is C15H29N. The van der Waals surface area contributed by atoms with Crippen molar-refractivity contribution in [3.8, 4) is 0 Å². The van der Waals surface area contributed by atoms with Crippen LogP contribution in [0.1, 0.15) is 78.6 Å². The normalized spacial score (nSPS) is 30.1. The zero-order chi connectivity index (χ0) is 11.9. The van der Waals surface area contributed by atoms with E-state index in [0.29, 0.717) is 11.5 Å².